The minimum Gasteiger partial charge on any atom is -0.481 e. The van der Waals surface area contributed by atoms with Gasteiger partial charge in [-0.15, -0.1) is 46.2 Å². The number of aliphatic carboxylic acids is 1. The molecule has 2 aliphatic carbocycles. The van der Waals surface area contributed by atoms with Crippen LogP contribution in [0.25, 0.3) is 20.4 Å². The first kappa shape index (κ1) is 40.2. The number of thioether (sulfide) groups is 2. The van der Waals surface area contributed by atoms with Crippen LogP contribution in [0.3, 0.4) is 0 Å². The normalized spacial score (nSPS) is 18.6. The zero-order chi connectivity index (χ0) is 41.6. The molecule has 1 amide bonds. The van der Waals surface area contributed by atoms with Gasteiger partial charge in [-0.3, -0.25) is 19.6 Å². The zero-order valence-corrected chi connectivity index (χ0v) is 37.0. The number of amides is 1. The monoisotopic (exact) mass is 889 g/mol. The van der Waals surface area contributed by atoms with Crippen molar-refractivity contribution in [2.24, 2.45) is 21.8 Å². The summed E-state index contributed by atoms with van der Waals surface area (Å²) in [5, 5.41) is 18.6. The Morgan fingerprint density at radius 2 is 1.25 bits per heavy atom. The molecule has 312 valence electrons. The second-order valence-corrected chi connectivity index (χ2v) is 19.5. The molecule has 2 aromatic carbocycles. The van der Waals surface area contributed by atoms with E-state index in [4.69, 9.17) is 4.74 Å². The summed E-state index contributed by atoms with van der Waals surface area (Å²) in [5.74, 6) is 0.950. The fourth-order valence-electron chi connectivity index (χ4n) is 8.94. The largest absolute Gasteiger partial charge is 0.481 e. The Morgan fingerprint density at radius 1 is 0.738 bits per heavy atom. The highest BCUT2D eigenvalue weighted by Crippen LogP contribution is 2.44. The SMILES string of the molecule is CSc1cc2c(cc1Nc1ncnc3sc4c(c13)CC[C@H](C(=O)N1CCOCC1)C4)C=NC2.CSc1cc2c(cc1Nc1ncnc3sc4c(c13)CC[C@H](C(=O)O)C4)C=NC2. The van der Waals surface area contributed by atoms with Crippen molar-refractivity contribution in [3.63, 3.8) is 0 Å². The van der Waals surface area contributed by atoms with Crippen molar-refractivity contribution in [3.05, 3.63) is 80.1 Å². The second-order valence-electron chi connectivity index (χ2n) is 15.7. The predicted molar refractivity (Wildman–Crippen MR) is 247 cm³/mol. The van der Waals surface area contributed by atoms with Gasteiger partial charge in [-0.25, -0.2) is 19.9 Å². The quantitative estimate of drug-likeness (QED) is 0.125. The van der Waals surface area contributed by atoms with Crippen LogP contribution in [0.5, 0.6) is 0 Å². The van der Waals surface area contributed by atoms with E-state index < -0.39 is 5.97 Å². The van der Waals surface area contributed by atoms with Crippen molar-refractivity contribution in [2.75, 3.05) is 49.4 Å². The summed E-state index contributed by atoms with van der Waals surface area (Å²) in [5.41, 5.74) is 9.38. The number of thiophene rings is 2. The average Bonchev–Trinajstić information content (AvgIpc) is 4.10. The van der Waals surface area contributed by atoms with Crippen molar-refractivity contribution in [2.45, 2.75) is 61.4 Å². The van der Waals surface area contributed by atoms with Crippen LogP contribution < -0.4 is 10.6 Å². The first-order valence-corrected chi connectivity index (χ1v) is 24.5. The van der Waals surface area contributed by atoms with Crippen LogP contribution in [-0.4, -0.2) is 93.1 Å². The van der Waals surface area contributed by atoms with Crippen molar-refractivity contribution in [3.8, 4) is 0 Å². The molecule has 11 rings (SSSR count). The van der Waals surface area contributed by atoms with E-state index in [0.29, 0.717) is 39.1 Å². The van der Waals surface area contributed by atoms with Gasteiger partial charge in [0.25, 0.3) is 0 Å². The van der Waals surface area contributed by atoms with Gasteiger partial charge in [0.2, 0.25) is 5.91 Å². The molecular weight excluding hydrogens is 847 g/mol. The molecule has 1 saturated heterocycles. The lowest BCUT2D eigenvalue weighted by atomic mass is 9.86. The lowest BCUT2D eigenvalue weighted by Crippen LogP contribution is -2.44. The molecule has 0 bridgehead atoms. The van der Waals surface area contributed by atoms with E-state index in [0.717, 1.165) is 103 Å². The molecule has 3 aliphatic heterocycles. The molecule has 0 saturated carbocycles. The number of benzene rings is 2. The van der Waals surface area contributed by atoms with Crippen molar-refractivity contribution < 1.29 is 19.4 Å². The summed E-state index contributed by atoms with van der Waals surface area (Å²) in [6.07, 6.45) is 15.8. The summed E-state index contributed by atoms with van der Waals surface area (Å²) in [7, 11) is 0. The molecule has 6 aromatic rings. The number of morpholine rings is 1. The highest BCUT2D eigenvalue weighted by atomic mass is 32.2. The number of carbonyl (C=O) groups is 2. The molecule has 4 aromatic heterocycles. The Morgan fingerprint density at radius 3 is 1.75 bits per heavy atom. The number of hydrogen-bond acceptors (Lipinski definition) is 15. The van der Waals surface area contributed by atoms with E-state index in [1.165, 1.54) is 32.0 Å². The fraction of sp³-hybridized carbons (Fsp3) is 0.364. The number of anilines is 4. The number of carboxylic acids is 1. The number of carboxylic acid groups (broad SMARTS) is 1. The third-order valence-electron chi connectivity index (χ3n) is 12.1. The molecule has 5 aliphatic rings. The zero-order valence-electron chi connectivity index (χ0n) is 33.7. The molecule has 13 nitrogen and oxygen atoms in total. The fourth-order valence-corrected chi connectivity index (χ4v) is 12.7. The van der Waals surface area contributed by atoms with Crippen LogP contribution in [-0.2, 0) is 53.1 Å². The van der Waals surface area contributed by atoms with Gasteiger partial charge in [0, 0.05) is 51.0 Å². The third-order valence-corrected chi connectivity index (χ3v) is 16.0. The highest BCUT2D eigenvalue weighted by molar-refractivity contribution is 7.99. The summed E-state index contributed by atoms with van der Waals surface area (Å²) in [6, 6.07) is 8.71. The molecule has 61 heavy (non-hydrogen) atoms. The average molecular weight is 890 g/mol. The number of nitrogens with zero attached hydrogens (tertiary/aromatic N) is 7. The number of fused-ring (bicyclic) bond motifs is 8. The first-order valence-electron chi connectivity index (χ1n) is 20.4. The van der Waals surface area contributed by atoms with E-state index in [9.17, 15) is 14.7 Å². The molecule has 1 fully saturated rings. The van der Waals surface area contributed by atoms with Gasteiger partial charge < -0.3 is 25.4 Å². The number of nitrogens with one attached hydrogen (secondary N) is 2. The van der Waals surface area contributed by atoms with Gasteiger partial charge in [0.1, 0.15) is 34.0 Å². The Bertz CT molecular complexity index is 2780. The van der Waals surface area contributed by atoms with Crippen LogP contribution in [0.15, 0.2) is 56.7 Å². The van der Waals surface area contributed by atoms with E-state index in [-0.39, 0.29) is 17.7 Å². The number of aliphatic imine (C=N–C) groups is 2. The smallest absolute Gasteiger partial charge is 0.306 e. The number of aryl methyl sites for hydroxylation is 2. The van der Waals surface area contributed by atoms with Gasteiger partial charge in [-0.2, -0.15) is 0 Å². The Kier molecular flexibility index (Phi) is 11.2. The number of aromatic nitrogens is 4. The summed E-state index contributed by atoms with van der Waals surface area (Å²) < 4.78 is 5.41. The van der Waals surface area contributed by atoms with E-state index in [1.807, 2.05) is 17.3 Å². The van der Waals surface area contributed by atoms with Gasteiger partial charge in [0.15, 0.2) is 0 Å². The summed E-state index contributed by atoms with van der Waals surface area (Å²) >= 11 is 6.72. The standard InChI is InChI=1S/C24H25N5O2S2.C20H18N4O2S2/c1-32-20-10-16-12-25-11-15(16)8-18(20)28-22-21-17-3-2-14(24(30)29-4-6-31-7-5-29)9-19(17)33-23(21)27-13-26-22;1-27-16-6-12-8-21-7-11(12)4-14(16)24-18-17-13-3-2-10(20(25)26)5-15(13)28-19(17)23-9-22-18/h8,10-11,13-14H,2-7,9,12H2,1H3,(H,26,27,28);4,6-7,9-10H,2-3,5,8H2,1H3,(H,25,26)(H,22,23,24)/t14-;10-/m00/s1. The Hall–Kier alpha value is -4.94. The first-order chi connectivity index (χ1) is 29.8. The predicted octanol–water partition coefficient (Wildman–Crippen LogP) is 8.33. The Labute approximate surface area is 369 Å². The van der Waals surface area contributed by atoms with Crippen molar-refractivity contribution >= 4 is 114 Å². The maximum Gasteiger partial charge on any atom is 0.306 e. The number of rotatable bonds is 8. The highest BCUT2D eigenvalue weighted by Gasteiger charge is 2.33. The summed E-state index contributed by atoms with van der Waals surface area (Å²) in [4.78, 5) is 60.1. The minimum atomic E-state index is -0.711. The van der Waals surface area contributed by atoms with E-state index in [1.54, 1.807) is 58.9 Å². The van der Waals surface area contributed by atoms with Crippen LogP contribution in [0.4, 0.5) is 23.0 Å². The molecule has 3 N–H and O–H groups in total. The number of carbonyl (C=O) groups excluding carboxylic acids is 1. The maximum atomic E-state index is 13.1. The topological polar surface area (TPSA) is 167 Å². The molecule has 0 unspecified atom stereocenters. The molecule has 0 radical (unpaired) electrons. The second kappa shape index (κ2) is 17.1. The van der Waals surface area contributed by atoms with E-state index >= 15 is 0 Å². The minimum absolute atomic E-state index is 0.0483. The van der Waals surface area contributed by atoms with Crippen molar-refractivity contribution in [1.82, 2.24) is 24.8 Å². The van der Waals surface area contributed by atoms with Crippen LogP contribution in [0, 0.1) is 11.8 Å². The van der Waals surface area contributed by atoms with Gasteiger partial charge in [0.05, 0.1) is 54.4 Å². The van der Waals surface area contributed by atoms with Crippen molar-refractivity contribution in [1.29, 1.82) is 0 Å². The van der Waals surface area contributed by atoms with E-state index in [2.05, 4.69) is 77.3 Å². The lowest BCUT2D eigenvalue weighted by molar-refractivity contribution is -0.142. The van der Waals surface area contributed by atoms with Crippen LogP contribution in [0.1, 0.15) is 56.0 Å². The molecule has 0 spiro atoms. The van der Waals surface area contributed by atoms with Gasteiger partial charge >= 0.3 is 5.97 Å². The number of hydrogen-bond donors (Lipinski definition) is 3. The molecular formula is C44H43N9O4S4. The summed E-state index contributed by atoms with van der Waals surface area (Å²) in [6.45, 7) is 4.19. The molecule has 17 heteroatoms. The number of ether oxygens (including phenoxy) is 1. The molecule has 7 heterocycles. The third kappa shape index (κ3) is 7.79. The lowest BCUT2D eigenvalue weighted by Gasteiger charge is -2.31. The van der Waals surface area contributed by atoms with Gasteiger partial charge in [-0.05, 0) is 109 Å². The van der Waals surface area contributed by atoms with Crippen LogP contribution in [0.2, 0.25) is 0 Å². The maximum absolute atomic E-state index is 13.1. The van der Waals surface area contributed by atoms with Gasteiger partial charge in [-0.1, -0.05) is 0 Å². The van der Waals surface area contributed by atoms with Crippen LogP contribution >= 0.6 is 46.2 Å². The molecule has 2 atom stereocenters. The Balaban J connectivity index is 0.000000148.